The Balaban J connectivity index is 2.08. The second-order valence-electron chi connectivity index (χ2n) is 4.24. The van der Waals surface area contributed by atoms with Crippen molar-refractivity contribution in [2.24, 2.45) is 0 Å². The van der Waals surface area contributed by atoms with Crippen LogP contribution in [-0.2, 0) is 12.7 Å². The molecule has 2 aromatic rings. The standard InChI is InChI=1S/C14H13F3N2/c1-10-7-13(5-6-18-10)19-9-11-3-2-4-12(8-11)14(15,16)17/h2-8H,9H2,1H3,(H,18,19). The highest BCUT2D eigenvalue weighted by Crippen LogP contribution is 2.29. The SMILES string of the molecule is Cc1cc(NCc2cccc(C(F)(F)F)c2)ccn1. The van der Waals surface area contributed by atoms with Gasteiger partial charge in [0.05, 0.1) is 5.56 Å². The molecule has 0 atom stereocenters. The first-order valence-corrected chi connectivity index (χ1v) is 5.78. The van der Waals surface area contributed by atoms with Gasteiger partial charge in [0, 0.05) is 24.1 Å². The minimum Gasteiger partial charge on any atom is -0.381 e. The number of pyridine rings is 1. The molecule has 0 unspecified atom stereocenters. The third kappa shape index (κ3) is 3.71. The van der Waals surface area contributed by atoms with Crippen LogP contribution in [0.1, 0.15) is 16.8 Å². The van der Waals surface area contributed by atoms with E-state index in [4.69, 9.17) is 0 Å². The van der Waals surface area contributed by atoms with Crippen LogP contribution in [0.5, 0.6) is 0 Å². The van der Waals surface area contributed by atoms with Crippen LogP contribution in [0.15, 0.2) is 42.6 Å². The highest BCUT2D eigenvalue weighted by molar-refractivity contribution is 5.43. The Bertz CT molecular complexity index is 565. The van der Waals surface area contributed by atoms with Crippen LogP contribution in [0.4, 0.5) is 18.9 Å². The van der Waals surface area contributed by atoms with Gasteiger partial charge in [0.15, 0.2) is 0 Å². The fourth-order valence-corrected chi connectivity index (χ4v) is 1.72. The molecule has 0 radical (unpaired) electrons. The first-order valence-electron chi connectivity index (χ1n) is 5.78. The van der Waals surface area contributed by atoms with Gasteiger partial charge in [-0.2, -0.15) is 13.2 Å². The van der Waals surface area contributed by atoms with E-state index in [2.05, 4.69) is 10.3 Å². The van der Waals surface area contributed by atoms with Gasteiger partial charge in [-0.05, 0) is 36.8 Å². The number of nitrogens with one attached hydrogen (secondary N) is 1. The zero-order valence-corrected chi connectivity index (χ0v) is 10.3. The lowest BCUT2D eigenvalue weighted by atomic mass is 10.1. The highest BCUT2D eigenvalue weighted by atomic mass is 19.4. The van der Waals surface area contributed by atoms with Gasteiger partial charge in [-0.25, -0.2) is 0 Å². The topological polar surface area (TPSA) is 24.9 Å². The molecule has 5 heteroatoms. The van der Waals surface area contributed by atoms with Crippen LogP contribution in [0.25, 0.3) is 0 Å². The summed E-state index contributed by atoms with van der Waals surface area (Å²) in [7, 11) is 0. The van der Waals surface area contributed by atoms with Crippen LogP contribution in [0.2, 0.25) is 0 Å². The molecule has 1 N–H and O–H groups in total. The number of aryl methyl sites for hydroxylation is 1. The van der Waals surface area contributed by atoms with E-state index in [1.54, 1.807) is 18.3 Å². The Morgan fingerprint density at radius 2 is 1.95 bits per heavy atom. The lowest BCUT2D eigenvalue weighted by Gasteiger charge is -2.10. The summed E-state index contributed by atoms with van der Waals surface area (Å²) in [4.78, 5) is 4.05. The van der Waals surface area contributed by atoms with Crippen molar-refractivity contribution in [1.29, 1.82) is 0 Å². The molecular weight excluding hydrogens is 253 g/mol. The molecule has 2 rings (SSSR count). The summed E-state index contributed by atoms with van der Waals surface area (Å²) in [6, 6.07) is 8.92. The fraction of sp³-hybridized carbons (Fsp3) is 0.214. The van der Waals surface area contributed by atoms with Crippen molar-refractivity contribution in [3.05, 3.63) is 59.4 Å². The number of halogens is 3. The van der Waals surface area contributed by atoms with Crippen molar-refractivity contribution < 1.29 is 13.2 Å². The third-order valence-electron chi connectivity index (χ3n) is 2.65. The number of rotatable bonds is 3. The van der Waals surface area contributed by atoms with Crippen molar-refractivity contribution in [3.63, 3.8) is 0 Å². The van der Waals surface area contributed by atoms with E-state index in [0.29, 0.717) is 12.1 Å². The van der Waals surface area contributed by atoms with Crippen LogP contribution in [0, 0.1) is 6.92 Å². The summed E-state index contributed by atoms with van der Waals surface area (Å²) in [5, 5.41) is 3.07. The van der Waals surface area contributed by atoms with Gasteiger partial charge in [0.1, 0.15) is 0 Å². The molecule has 0 saturated carbocycles. The quantitative estimate of drug-likeness (QED) is 0.907. The smallest absolute Gasteiger partial charge is 0.381 e. The Labute approximate surface area is 109 Å². The molecule has 1 aromatic heterocycles. The Morgan fingerprint density at radius 1 is 1.16 bits per heavy atom. The average molecular weight is 266 g/mol. The maximum Gasteiger partial charge on any atom is 0.416 e. The predicted molar refractivity (Wildman–Crippen MR) is 67.7 cm³/mol. The van der Waals surface area contributed by atoms with Gasteiger partial charge in [-0.3, -0.25) is 4.98 Å². The summed E-state index contributed by atoms with van der Waals surface area (Å²) in [6.07, 6.45) is -2.65. The van der Waals surface area contributed by atoms with E-state index in [1.807, 2.05) is 13.0 Å². The van der Waals surface area contributed by atoms with E-state index in [-0.39, 0.29) is 0 Å². The number of benzene rings is 1. The monoisotopic (exact) mass is 266 g/mol. The molecule has 1 aromatic carbocycles. The van der Waals surface area contributed by atoms with E-state index < -0.39 is 11.7 Å². The molecule has 2 nitrogen and oxygen atoms in total. The second kappa shape index (κ2) is 5.30. The Kier molecular flexibility index (Phi) is 3.74. The number of nitrogens with zero attached hydrogens (tertiary/aromatic N) is 1. The molecule has 100 valence electrons. The zero-order valence-electron chi connectivity index (χ0n) is 10.3. The van der Waals surface area contributed by atoms with Crippen LogP contribution in [0.3, 0.4) is 0 Å². The van der Waals surface area contributed by atoms with Crippen molar-refractivity contribution in [2.75, 3.05) is 5.32 Å². The lowest BCUT2D eigenvalue weighted by molar-refractivity contribution is -0.137. The summed E-state index contributed by atoms with van der Waals surface area (Å²) >= 11 is 0. The lowest BCUT2D eigenvalue weighted by Crippen LogP contribution is -2.07. The summed E-state index contributed by atoms with van der Waals surface area (Å²) in [5.74, 6) is 0. The van der Waals surface area contributed by atoms with E-state index in [1.165, 1.54) is 6.07 Å². The largest absolute Gasteiger partial charge is 0.416 e. The van der Waals surface area contributed by atoms with Crippen molar-refractivity contribution in [2.45, 2.75) is 19.6 Å². The average Bonchev–Trinajstić information content (AvgIpc) is 2.36. The van der Waals surface area contributed by atoms with Gasteiger partial charge in [-0.15, -0.1) is 0 Å². The third-order valence-corrected chi connectivity index (χ3v) is 2.65. The van der Waals surface area contributed by atoms with Gasteiger partial charge in [0.2, 0.25) is 0 Å². The number of aromatic nitrogens is 1. The zero-order chi connectivity index (χ0) is 13.9. The van der Waals surface area contributed by atoms with E-state index in [0.717, 1.165) is 23.5 Å². The van der Waals surface area contributed by atoms with Crippen LogP contribution < -0.4 is 5.32 Å². The first-order chi connectivity index (χ1) is 8.95. The molecule has 0 bridgehead atoms. The molecule has 1 heterocycles. The van der Waals surface area contributed by atoms with Crippen LogP contribution >= 0.6 is 0 Å². The molecule has 0 spiro atoms. The van der Waals surface area contributed by atoms with Gasteiger partial charge in [-0.1, -0.05) is 12.1 Å². The molecule has 0 amide bonds. The predicted octanol–water partition coefficient (Wildman–Crippen LogP) is 4.02. The summed E-state index contributed by atoms with van der Waals surface area (Å²) in [5.41, 5.74) is 1.65. The van der Waals surface area contributed by atoms with Gasteiger partial charge in [0.25, 0.3) is 0 Å². The summed E-state index contributed by atoms with van der Waals surface area (Å²) in [6.45, 7) is 2.20. The van der Waals surface area contributed by atoms with E-state index in [9.17, 15) is 13.2 Å². The van der Waals surface area contributed by atoms with Gasteiger partial charge < -0.3 is 5.32 Å². The Morgan fingerprint density at radius 3 is 2.63 bits per heavy atom. The molecule has 0 saturated heterocycles. The normalized spacial score (nSPS) is 11.4. The van der Waals surface area contributed by atoms with Crippen molar-refractivity contribution >= 4 is 5.69 Å². The van der Waals surface area contributed by atoms with Crippen LogP contribution in [-0.4, -0.2) is 4.98 Å². The first kappa shape index (κ1) is 13.4. The number of hydrogen-bond donors (Lipinski definition) is 1. The minimum absolute atomic E-state index is 0.341. The Hall–Kier alpha value is -2.04. The number of anilines is 1. The van der Waals surface area contributed by atoms with E-state index >= 15 is 0 Å². The molecule has 0 aliphatic heterocycles. The van der Waals surface area contributed by atoms with Crippen molar-refractivity contribution in [3.8, 4) is 0 Å². The molecule has 0 aliphatic carbocycles. The highest BCUT2D eigenvalue weighted by Gasteiger charge is 2.30. The number of hydrogen-bond acceptors (Lipinski definition) is 2. The maximum absolute atomic E-state index is 12.6. The summed E-state index contributed by atoms with van der Waals surface area (Å²) < 4.78 is 37.7. The van der Waals surface area contributed by atoms with Gasteiger partial charge >= 0.3 is 6.18 Å². The molecule has 0 aliphatic rings. The molecule has 19 heavy (non-hydrogen) atoms. The second-order valence-corrected chi connectivity index (χ2v) is 4.24. The van der Waals surface area contributed by atoms with Crippen molar-refractivity contribution in [1.82, 2.24) is 4.98 Å². The molecule has 0 fully saturated rings. The number of alkyl halides is 3. The maximum atomic E-state index is 12.6. The fourth-order valence-electron chi connectivity index (χ4n) is 1.72. The minimum atomic E-state index is -4.30. The molecular formula is C14H13F3N2.